The first-order valence-corrected chi connectivity index (χ1v) is 9.36. The zero-order chi connectivity index (χ0) is 17.9. The van der Waals surface area contributed by atoms with Crippen LogP contribution in [0.5, 0.6) is 0 Å². The Bertz CT molecular complexity index is 828. The number of aromatic nitrogens is 2. The molecule has 136 valence electrons. The van der Waals surface area contributed by atoms with E-state index >= 15 is 0 Å². The number of likely N-dealkylation sites (N-methyl/N-ethyl adjacent to an activating group) is 1. The summed E-state index contributed by atoms with van der Waals surface area (Å²) in [5.74, 6) is 0.942. The standard InChI is InChI=1S/C21H27N5/c1-24(2)10-11-25-12-14-26(15-13-25)18-7-5-6-17(16-18)21-22-19-8-3-4-9-20(19)23-21/h3-9,16H,10-15H2,1-2H3,(H,22,23). The summed E-state index contributed by atoms with van der Waals surface area (Å²) in [5.41, 5.74) is 4.54. The summed E-state index contributed by atoms with van der Waals surface area (Å²) < 4.78 is 0. The summed E-state index contributed by atoms with van der Waals surface area (Å²) in [5, 5.41) is 0. The molecule has 0 unspecified atom stereocenters. The highest BCUT2D eigenvalue weighted by Crippen LogP contribution is 2.25. The topological polar surface area (TPSA) is 38.4 Å². The number of nitrogens with zero attached hydrogens (tertiary/aromatic N) is 4. The summed E-state index contributed by atoms with van der Waals surface area (Å²) in [4.78, 5) is 15.5. The average molecular weight is 349 g/mol. The van der Waals surface area contributed by atoms with E-state index in [9.17, 15) is 0 Å². The van der Waals surface area contributed by atoms with E-state index in [0.29, 0.717) is 0 Å². The molecule has 1 aliphatic heterocycles. The molecule has 1 fully saturated rings. The largest absolute Gasteiger partial charge is 0.369 e. The van der Waals surface area contributed by atoms with E-state index in [0.717, 1.165) is 61.7 Å². The van der Waals surface area contributed by atoms with Crippen molar-refractivity contribution in [3.05, 3.63) is 48.5 Å². The minimum absolute atomic E-state index is 0.942. The molecular formula is C21H27N5. The van der Waals surface area contributed by atoms with Gasteiger partial charge in [-0.15, -0.1) is 0 Å². The van der Waals surface area contributed by atoms with Crippen LogP contribution in [0.1, 0.15) is 0 Å². The third kappa shape index (κ3) is 3.74. The minimum atomic E-state index is 0.942. The molecule has 4 rings (SSSR count). The summed E-state index contributed by atoms with van der Waals surface area (Å²) >= 11 is 0. The van der Waals surface area contributed by atoms with Gasteiger partial charge in [0.2, 0.25) is 0 Å². The summed E-state index contributed by atoms with van der Waals surface area (Å²) in [7, 11) is 4.28. The molecule has 0 aliphatic carbocycles. The Labute approximate surface area is 155 Å². The van der Waals surface area contributed by atoms with Gasteiger partial charge in [0.1, 0.15) is 5.82 Å². The summed E-state index contributed by atoms with van der Waals surface area (Å²) in [6.45, 7) is 6.70. The first kappa shape index (κ1) is 17.1. The van der Waals surface area contributed by atoms with Crippen LogP contribution in [0.2, 0.25) is 0 Å². The molecule has 0 radical (unpaired) electrons. The molecule has 1 N–H and O–H groups in total. The zero-order valence-electron chi connectivity index (χ0n) is 15.7. The fraction of sp³-hybridized carbons (Fsp3) is 0.381. The Hall–Kier alpha value is -2.37. The molecule has 0 bridgehead atoms. The third-order valence-corrected chi connectivity index (χ3v) is 5.11. The first-order valence-electron chi connectivity index (χ1n) is 9.36. The number of nitrogens with one attached hydrogen (secondary N) is 1. The van der Waals surface area contributed by atoms with Crippen LogP contribution in [0.15, 0.2) is 48.5 Å². The van der Waals surface area contributed by atoms with Crippen LogP contribution in [0.4, 0.5) is 5.69 Å². The second kappa shape index (κ2) is 7.48. The molecule has 0 saturated carbocycles. The van der Waals surface area contributed by atoms with Crippen molar-refractivity contribution >= 4 is 16.7 Å². The number of para-hydroxylation sites is 2. The molecule has 1 aromatic heterocycles. The number of benzene rings is 2. The second-order valence-corrected chi connectivity index (χ2v) is 7.28. The van der Waals surface area contributed by atoms with Crippen LogP contribution in [0.3, 0.4) is 0 Å². The lowest BCUT2D eigenvalue weighted by Gasteiger charge is -2.36. The van der Waals surface area contributed by atoms with Gasteiger partial charge in [-0.2, -0.15) is 0 Å². The Morgan fingerprint density at radius 3 is 2.58 bits per heavy atom. The maximum atomic E-state index is 4.74. The van der Waals surface area contributed by atoms with E-state index in [4.69, 9.17) is 4.98 Å². The van der Waals surface area contributed by atoms with E-state index in [1.165, 1.54) is 5.69 Å². The molecule has 3 aromatic rings. The average Bonchev–Trinajstić information content (AvgIpc) is 3.11. The highest BCUT2D eigenvalue weighted by Gasteiger charge is 2.17. The highest BCUT2D eigenvalue weighted by atomic mass is 15.3. The van der Waals surface area contributed by atoms with Gasteiger partial charge in [-0.25, -0.2) is 4.98 Å². The fourth-order valence-electron chi connectivity index (χ4n) is 3.51. The Kier molecular flexibility index (Phi) is 4.91. The number of rotatable bonds is 5. The van der Waals surface area contributed by atoms with Gasteiger partial charge in [-0.1, -0.05) is 24.3 Å². The number of hydrogen-bond donors (Lipinski definition) is 1. The number of imidazole rings is 1. The number of aromatic amines is 1. The molecular weight excluding hydrogens is 322 g/mol. The van der Waals surface area contributed by atoms with E-state index in [1.54, 1.807) is 0 Å². The van der Waals surface area contributed by atoms with Crippen LogP contribution in [-0.4, -0.2) is 73.1 Å². The smallest absolute Gasteiger partial charge is 0.138 e. The number of fused-ring (bicyclic) bond motifs is 1. The highest BCUT2D eigenvalue weighted by molar-refractivity contribution is 5.79. The lowest BCUT2D eigenvalue weighted by molar-refractivity contribution is 0.229. The Morgan fingerprint density at radius 1 is 1.00 bits per heavy atom. The maximum Gasteiger partial charge on any atom is 0.138 e. The SMILES string of the molecule is CN(C)CCN1CCN(c2cccc(-c3nc4ccccc4[nH]3)c2)CC1. The van der Waals surface area contributed by atoms with Gasteiger partial charge >= 0.3 is 0 Å². The number of anilines is 1. The fourth-order valence-corrected chi connectivity index (χ4v) is 3.51. The molecule has 0 amide bonds. The van der Waals surface area contributed by atoms with Gasteiger partial charge < -0.3 is 14.8 Å². The second-order valence-electron chi connectivity index (χ2n) is 7.28. The van der Waals surface area contributed by atoms with E-state index in [-0.39, 0.29) is 0 Å². The van der Waals surface area contributed by atoms with Gasteiger partial charge in [0.25, 0.3) is 0 Å². The monoisotopic (exact) mass is 349 g/mol. The van der Waals surface area contributed by atoms with Gasteiger partial charge in [0.15, 0.2) is 0 Å². The van der Waals surface area contributed by atoms with Gasteiger partial charge in [-0.05, 0) is 38.4 Å². The van der Waals surface area contributed by atoms with Crippen molar-refractivity contribution in [3.63, 3.8) is 0 Å². The van der Waals surface area contributed by atoms with Crippen LogP contribution in [0.25, 0.3) is 22.4 Å². The van der Waals surface area contributed by atoms with E-state index in [1.807, 2.05) is 18.2 Å². The van der Waals surface area contributed by atoms with Crippen molar-refractivity contribution in [3.8, 4) is 11.4 Å². The predicted octanol–water partition coefficient (Wildman–Crippen LogP) is 2.91. The van der Waals surface area contributed by atoms with E-state index in [2.05, 4.69) is 64.1 Å². The molecule has 5 nitrogen and oxygen atoms in total. The van der Waals surface area contributed by atoms with Crippen LogP contribution < -0.4 is 4.90 Å². The molecule has 2 aromatic carbocycles. The quantitative estimate of drug-likeness (QED) is 0.769. The van der Waals surface area contributed by atoms with Gasteiger partial charge in [0.05, 0.1) is 11.0 Å². The summed E-state index contributed by atoms with van der Waals surface area (Å²) in [6.07, 6.45) is 0. The number of hydrogen-bond acceptors (Lipinski definition) is 4. The first-order chi connectivity index (χ1) is 12.7. The predicted molar refractivity (Wildman–Crippen MR) is 109 cm³/mol. The Morgan fingerprint density at radius 2 is 1.81 bits per heavy atom. The van der Waals surface area contributed by atoms with Crippen molar-refractivity contribution < 1.29 is 0 Å². The minimum Gasteiger partial charge on any atom is -0.369 e. The lowest BCUT2D eigenvalue weighted by Crippen LogP contribution is -2.48. The number of piperazine rings is 1. The van der Waals surface area contributed by atoms with Crippen molar-refractivity contribution in [2.24, 2.45) is 0 Å². The van der Waals surface area contributed by atoms with Crippen LogP contribution in [-0.2, 0) is 0 Å². The molecule has 5 heteroatoms. The van der Waals surface area contributed by atoms with Gasteiger partial charge in [0, 0.05) is 50.5 Å². The number of H-pyrrole nitrogens is 1. The maximum absolute atomic E-state index is 4.74. The van der Waals surface area contributed by atoms with Crippen LogP contribution >= 0.6 is 0 Å². The molecule has 1 saturated heterocycles. The molecule has 2 heterocycles. The van der Waals surface area contributed by atoms with Crippen molar-refractivity contribution in [2.45, 2.75) is 0 Å². The Balaban J connectivity index is 1.46. The van der Waals surface area contributed by atoms with Gasteiger partial charge in [-0.3, -0.25) is 4.90 Å². The molecule has 0 spiro atoms. The van der Waals surface area contributed by atoms with Crippen molar-refractivity contribution in [1.82, 2.24) is 19.8 Å². The zero-order valence-corrected chi connectivity index (χ0v) is 15.7. The van der Waals surface area contributed by atoms with E-state index < -0.39 is 0 Å². The summed E-state index contributed by atoms with van der Waals surface area (Å²) in [6, 6.07) is 16.9. The van der Waals surface area contributed by atoms with Crippen molar-refractivity contribution in [2.75, 3.05) is 58.3 Å². The molecule has 26 heavy (non-hydrogen) atoms. The van der Waals surface area contributed by atoms with Crippen LogP contribution in [0, 0.1) is 0 Å². The normalized spacial score (nSPS) is 15.9. The lowest BCUT2D eigenvalue weighted by atomic mass is 10.1. The van der Waals surface area contributed by atoms with Crippen molar-refractivity contribution in [1.29, 1.82) is 0 Å². The third-order valence-electron chi connectivity index (χ3n) is 5.11. The molecule has 0 atom stereocenters. The molecule has 1 aliphatic rings.